The van der Waals surface area contributed by atoms with E-state index in [1.165, 1.54) is 77.0 Å². The summed E-state index contributed by atoms with van der Waals surface area (Å²) in [6.45, 7) is 4.67. The van der Waals surface area contributed by atoms with Crippen LogP contribution in [0.4, 0.5) is 0 Å². The topological polar surface area (TPSA) is 105 Å². The number of nitrogens with zero attached hydrogens (tertiary/aromatic N) is 1. The van der Waals surface area contributed by atoms with Gasteiger partial charge in [-0.15, -0.1) is 0 Å². The van der Waals surface area contributed by atoms with Gasteiger partial charge in [0, 0.05) is 6.42 Å². The van der Waals surface area contributed by atoms with Gasteiger partial charge in [0.1, 0.15) is 13.2 Å². The monoisotopic (exact) mass is 768 g/mol. The smallest absolute Gasteiger partial charge is 0.387 e. The van der Waals surface area contributed by atoms with E-state index in [9.17, 15) is 19.4 Å². The summed E-state index contributed by atoms with van der Waals surface area (Å²) in [6, 6.07) is -0.855. The number of phosphoric acid groups is 1. The van der Waals surface area contributed by atoms with Gasteiger partial charge >= 0.3 is 7.82 Å². The van der Waals surface area contributed by atoms with Crippen molar-refractivity contribution in [3.63, 3.8) is 0 Å². The Hall–Kier alpha value is -1.54. The van der Waals surface area contributed by atoms with E-state index in [1.54, 1.807) is 6.08 Å². The average molecular weight is 768 g/mol. The van der Waals surface area contributed by atoms with Crippen molar-refractivity contribution in [2.45, 2.75) is 187 Å². The van der Waals surface area contributed by atoms with Gasteiger partial charge in [0.05, 0.1) is 39.9 Å². The summed E-state index contributed by atoms with van der Waals surface area (Å²) in [6.07, 6.45) is 44.6. The molecule has 310 valence electrons. The van der Waals surface area contributed by atoms with Crippen LogP contribution >= 0.6 is 7.82 Å². The highest BCUT2D eigenvalue weighted by molar-refractivity contribution is 7.47. The summed E-state index contributed by atoms with van der Waals surface area (Å²) in [5.74, 6) is -0.196. The predicted molar refractivity (Wildman–Crippen MR) is 226 cm³/mol. The van der Waals surface area contributed by atoms with Crippen molar-refractivity contribution in [3.05, 3.63) is 48.6 Å². The second kappa shape index (κ2) is 36.1. The normalized spacial score (nSPS) is 14.9. The molecule has 9 heteroatoms. The molecule has 8 nitrogen and oxygen atoms in total. The summed E-state index contributed by atoms with van der Waals surface area (Å²) in [7, 11) is 1.55. The van der Waals surface area contributed by atoms with Gasteiger partial charge in [-0.25, -0.2) is 4.57 Å². The van der Waals surface area contributed by atoms with Crippen molar-refractivity contribution in [2.75, 3.05) is 40.9 Å². The number of likely N-dealkylation sites (N-methyl/N-ethyl adjacent to an activating group) is 1. The number of phosphoric ester groups is 1. The lowest BCUT2D eigenvalue weighted by Gasteiger charge is -2.25. The molecule has 0 aromatic rings. The molecule has 0 aliphatic heterocycles. The zero-order valence-corrected chi connectivity index (χ0v) is 35.9. The van der Waals surface area contributed by atoms with Crippen molar-refractivity contribution in [3.8, 4) is 0 Å². The largest absolute Gasteiger partial charge is 0.472 e. The maximum absolute atomic E-state index is 12.8. The fourth-order valence-electron chi connectivity index (χ4n) is 5.88. The molecular formula is C44H84N2O6P+. The Morgan fingerprint density at radius 1 is 0.660 bits per heavy atom. The van der Waals surface area contributed by atoms with E-state index in [-0.39, 0.29) is 19.1 Å². The summed E-state index contributed by atoms with van der Waals surface area (Å²) in [5.41, 5.74) is 0. The first-order chi connectivity index (χ1) is 25.5. The summed E-state index contributed by atoms with van der Waals surface area (Å²) >= 11 is 0. The second-order valence-electron chi connectivity index (χ2n) is 15.7. The van der Waals surface area contributed by atoms with Crippen LogP contribution in [0.3, 0.4) is 0 Å². The zero-order valence-electron chi connectivity index (χ0n) is 35.0. The third-order valence-electron chi connectivity index (χ3n) is 9.30. The highest BCUT2D eigenvalue weighted by Crippen LogP contribution is 2.43. The van der Waals surface area contributed by atoms with E-state index < -0.39 is 20.0 Å². The molecule has 3 atom stereocenters. The highest BCUT2D eigenvalue weighted by atomic mass is 31.2. The van der Waals surface area contributed by atoms with Crippen molar-refractivity contribution in [1.82, 2.24) is 5.32 Å². The van der Waals surface area contributed by atoms with E-state index in [4.69, 9.17) is 9.05 Å². The third kappa shape index (κ3) is 38.5. The molecule has 3 N–H and O–H groups in total. The van der Waals surface area contributed by atoms with Gasteiger partial charge in [-0.1, -0.05) is 165 Å². The Morgan fingerprint density at radius 3 is 1.66 bits per heavy atom. The molecule has 0 saturated heterocycles. The number of rotatable bonds is 38. The molecule has 0 saturated carbocycles. The quantitative estimate of drug-likeness (QED) is 0.0250. The van der Waals surface area contributed by atoms with E-state index in [1.807, 2.05) is 27.2 Å². The lowest BCUT2D eigenvalue weighted by Crippen LogP contribution is -2.45. The first-order valence-electron chi connectivity index (χ1n) is 21.5. The second-order valence-corrected chi connectivity index (χ2v) is 17.1. The number of allylic oxidation sites excluding steroid dienone is 7. The third-order valence-corrected chi connectivity index (χ3v) is 10.3. The van der Waals surface area contributed by atoms with Gasteiger partial charge in [-0.05, 0) is 51.4 Å². The van der Waals surface area contributed by atoms with Crippen LogP contribution in [0.15, 0.2) is 48.6 Å². The molecule has 0 aromatic carbocycles. The number of carbonyl (C=O) groups is 1. The molecule has 0 spiro atoms. The van der Waals surface area contributed by atoms with Gasteiger partial charge < -0.3 is 19.8 Å². The fraction of sp³-hybridized carbons (Fsp3) is 0.795. The van der Waals surface area contributed by atoms with Crippen LogP contribution < -0.4 is 5.32 Å². The SMILES string of the molecule is CC/C=C\C/C=C\C/C=C\CCCCCCCC(=O)NC(COP(=O)(O)OCC[N+](C)(C)C)C(O)/C=C/CCCCCCCCCCCCCCCC. The minimum Gasteiger partial charge on any atom is -0.387 e. The van der Waals surface area contributed by atoms with Gasteiger partial charge in [0.2, 0.25) is 5.91 Å². The van der Waals surface area contributed by atoms with Crippen LogP contribution in [-0.2, 0) is 18.4 Å². The molecule has 0 aliphatic rings. The first kappa shape index (κ1) is 51.5. The van der Waals surface area contributed by atoms with Crippen molar-refractivity contribution in [2.24, 2.45) is 0 Å². The molecule has 0 aliphatic carbocycles. The van der Waals surface area contributed by atoms with Crippen LogP contribution in [0.5, 0.6) is 0 Å². The van der Waals surface area contributed by atoms with Gasteiger partial charge in [-0.3, -0.25) is 13.8 Å². The highest BCUT2D eigenvalue weighted by Gasteiger charge is 2.27. The standard InChI is InChI=1S/C44H83N2O6P/c1-6-8-10-12-14-16-18-20-22-24-25-27-29-31-33-35-37-43(47)42(41-52-53(49,50)51-40-39-46(3,4)5)45-44(48)38-36-34-32-30-28-26-23-21-19-17-15-13-11-9-7-2/h9,11,15,17,21,23,35,37,42-43,47H,6-8,10,12-14,16,18-20,22,24-34,36,38-41H2,1-5H3,(H-,45,48,49,50)/p+1/b11-9-,17-15-,23-21-,37-35+. The molecule has 0 fully saturated rings. The molecule has 53 heavy (non-hydrogen) atoms. The molecule has 0 bridgehead atoms. The molecule has 0 radical (unpaired) electrons. The molecule has 0 heterocycles. The Bertz CT molecular complexity index is 1010. The van der Waals surface area contributed by atoms with E-state index in [0.29, 0.717) is 17.4 Å². The Labute approximate surface area is 327 Å². The van der Waals surface area contributed by atoms with Gasteiger partial charge in [0.15, 0.2) is 0 Å². The summed E-state index contributed by atoms with van der Waals surface area (Å²) < 4.78 is 23.5. The van der Waals surface area contributed by atoms with Crippen molar-refractivity contribution in [1.29, 1.82) is 0 Å². The number of hydrogen-bond donors (Lipinski definition) is 3. The molecule has 0 aromatic heterocycles. The maximum atomic E-state index is 12.8. The summed E-state index contributed by atoms with van der Waals surface area (Å²) in [4.78, 5) is 23.1. The molecule has 1 amide bonds. The van der Waals surface area contributed by atoms with Crippen LogP contribution in [0.1, 0.15) is 174 Å². The van der Waals surface area contributed by atoms with E-state index in [2.05, 4.69) is 55.6 Å². The maximum Gasteiger partial charge on any atom is 0.472 e. The Morgan fingerprint density at radius 2 is 1.13 bits per heavy atom. The van der Waals surface area contributed by atoms with Gasteiger partial charge in [0.25, 0.3) is 0 Å². The number of aliphatic hydroxyl groups is 1. The number of unbranched alkanes of at least 4 members (excludes halogenated alkanes) is 19. The number of nitrogens with one attached hydrogen (secondary N) is 1. The number of hydrogen-bond acceptors (Lipinski definition) is 5. The average Bonchev–Trinajstić information content (AvgIpc) is 3.10. The fourth-order valence-corrected chi connectivity index (χ4v) is 6.61. The van der Waals surface area contributed by atoms with E-state index in [0.717, 1.165) is 77.0 Å². The minimum absolute atomic E-state index is 0.0563. The van der Waals surface area contributed by atoms with E-state index >= 15 is 0 Å². The Balaban J connectivity index is 4.49. The lowest BCUT2D eigenvalue weighted by molar-refractivity contribution is -0.870. The zero-order chi connectivity index (χ0) is 39.3. The minimum atomic E-state index is -4.34. The Kier molecular flexibility index (Phi) is 35.1. The van der Waals surface area contributed by atoms with Crippen LogP contribution in [0, 0.1) is 0 Å². The lowest BCUT2D eigenvalue weighted by atomic mass is 10.0. The first-order valence-corrected chi connectivity index (χ1v) is 23.0. The number of amides is 1. The number of aliphatic hydroxyl groups excluding tert-OH is 1. The molecule has 0 rings (SSSR count). The summed E-state index contributed by atoms with van der Waals surface area (Å²) in [5, 5.41) is 13.8. The predicted octanol–water partition coefficient (Wildman–Crippen LogP) is 11.7. The van der Waals surface area contributed by atoms with Crippen molar-refractivity contribution < 1.29 is 32.9 Å². The van der Waals surface area contributed by atoms with Crippen LogP contribution in [0.25, 0.3) is 0 Å². The van der Waals surface area contributed by atoms with Crippen LogP contribution in [0.2, 0.25) is 0 Å². The van der Waals surface area contributed by atoms with Crippen LogP contribution in [-0.4, -0.2) is 73.4 Å². The number of carbonyl (C=O) groups excluding carboxylic acids is 1. The van der Waals surface area contributed by atoms with Crippen molar-refractivity contribution >= 4 is 13.7 Å². The molecule has 3 unspecified atom stereocenters. The molecular weight excluding hydrogens is 683 g/mol. The number of quaternary nitrogens is 1. The van der Waals surface area contributed by atoms with Gasteiger partial charge in [-0.2, -0.15) is 0 Å².